The summed E-state index contributed by atoms with van der Waals surface area (Å²) in [5.41, 5.74) is 1.38. The van der Waals surface area contributed by atoms with Gasteiger partial charge in [0, 0.05) is 31.2 Å². The zero-order valence-corrected chi connectivity index (χ0v) is 14.9. The first-order valence-corrected chi connectivity index (χ1v) is 7.81. The number of rotatable bonds is 5. The number of nitrogens with one attached hydrogen (secondary N) is 2. The predicted molar refractivity (Wildman–Crippen MR) is 95.0 cm³/mol. The molecular weight excluding hydrogens is 353 g/mol. The molecule has 130 valence electrons. The van der Waals surface area contributed by atoms with Gasteiger partial charge in [0.25, 0.3) is 5.89 Å². The van der Waals surface area contributed by atoms with Crippen molar-refractivity contribution in [2.24, 2.45) is 0 Å². The van der Waals surface area contributed by atoms with E-state index in [-0.39, 0.29) is 24.5 Å². The summed E-state index contributed by atoms with van der Waals surface area (Å²) < 4.78 is 5.33. The summed E-state index contributed by atoms with van der Waals surface area (Å²) in [4.78, 5) is 17.8. The highest BCUT2D eigenvalue weighted by molar-refractivity contribution is 6.33. The number of carbonyl (C=O) groups is 1. The van der Waals surface area contributed by atoms with Gasteiger partial charge in [-0.3, -0.25) is 4.90 Å². The van der Waals surface area contributed by atoms with Crippen LogP contribution in [0.2, 0.25) is 5.02 Å². The minimum atomic E-state index is -0.118. The highest BCUT2D eigenvalue weighted by Crippen LogP contribution is 2.31. The lowest BCUT2D eigenvalue weighted by Crippen LogP contribution is -2.27. The summed E-state index contributed by atoms with van der Waals surface area (Å²) >= 11 is 6.26. The molecule has 1 aliphatic heterocycles. The molecule has 0 spiro atoms. The van der Waals surface area contributed by atoms with Gasteiger partial charge in [0.15, 0.2) is 5.82 Å². The molecule has 2 heterocycles. The van der Waals surface area contributed by atoms with Gasteiger partial charge in [-0.05, 0) is 32.2 Å². The number of carbonyl (C=O) groups excluding carboxylic acids is 1. The van der Waals surface area contributed by atoms with E-state index in [1.54, 1.807) is 23.1 Å². The highest BCUT2D eigenvalue weighted by Gasteiger charge is 2.23. The Balaban J connectivity index is 0.00000208. The van der Waals surface area contributed by atoms with Gasteiger partial charge in [-0.15, -0.1) is 12.4 Å². The van der Waals surface area contributed by atoms with Gasteiger partial charge in [-0.25, -0.2) is 4.79 Å². The SMILES string of the molecule is CNC(C)Cc1noc(-c2cc(N3CCNC3=O)ccc2Cl)n1.Cl. The lowest BCUT2D eigenvalue weighted by molar-refractivity contribution is 0.252. The molecule has 24 heavy (non-hydrogen) atoms. The van der Waals surface area contributed by atoms with Crippen LogP contribution < -0.4 is 15.5 Å². The van der Waals surface area contributed by atoms with Crippen LogP contribution in [-0.4, -0.2) is 42.4 Å². The molecule has 2 amide bonds. The Morgan fingerprint density at radius 2 is 2.29 bits per heavy atom. The number of anilines is 1. The summed E-state index contributed by atoms with van der Waals surface area (Å²) in [5, 5.41) is 10.4. The third-order valence-corrected chi connectivity index (χ3v) is 4.13. The van der Waals surface area contributed by atoms with Crippen molar-refractivity contribution in [2.45, 2.75) is 19.4 Å². The van der Waals surface area contributed by atoms with E-state index in [9.17, 15) is 4.79 Å². The molecule has 1 aromatic heterocycles. The fourth-order valence-electron chi connectivity index (χ4n) is 2.39. The van der Waals surface area contributed by atoms with Gasteiger partial charge in [0.1, 0.15) is 0 Å². The van der Waals surface area contributed by atoms with Crippen LogP contribution in [0.4, 0.5) is 10.5 Å². The van der Waals surface area contributed by atoms with Crippen LogP contribution in [0.5, 0.6) is 0 Å². The van der Waals surface area contributed by atoms with Gasteiger partial charge in [-0.2, -0.15) is 4.98 Å². The van der Waals surface area contributed by atoms with Crippen LogP contribution in [0.15, 0.2) is 22.7 Å². The smallest absolute Gasteiger partial charge is 0.321 e. The van der Waals surface area contributed by atoms with Crippen molar-refractivity contribution in [1.29, 1.82) is 0 Å². The topological polar surface area (TPSA) is 83.3 Å². The monoisotopic (exact) mass is 371 g/mol. The Hall–Kier alpha value is -1.83. The van der Waals surface area contributed by atoms with E-state index in [2.05, 4.69) is 20.8 Å². The number of urea groups is 1. The van der Waals surface area contributed by atoms with E-state index >= 15 is 0 Å². The maximum atomic E-state index is 11.8. The molecular formula is C15H19Cl2N5O2. The summed E-state index contributed by atoms with van der Waals surface area (Å²) in [5.74, 6) is 0.969. The number of nitrogens with zero attached hydrogens (tertiary/aromatic N) is 3. The standard InChI is InChI=1S/C15H18ClN5O2.ClH/c1-9(17-2)7-13-19-14(23-20-13)11-8-10(3-4-12(11)16)21-6-5-18-15(21)22;/h3-4,8-9,17H,5-7H2,1-2H3,(H,18,22);1H. The minimum absolute atomic E-state index is 0. The number of halogens is 2. The summed E-state index contributed by atoms with van der Waals surface area (Å²) in [6, 6.07) is 5.46. The number of amides is 2. The summed E-state index contributed by atoms with van der Waals surface area (Å²) in [6.45, 7) is 3.29. The van der Waals surface area contributed by atoms with Crippen molar-refractivity contribution in [1.82, 2.24) is 20.8 Å². The zero-order valence-electron chi connectivity index (χ0n) is 13.4. The van der Waals surface area contributed by atoms with Gasteiger partial charge in [0.05, 0.1) is 10.6 Å². The van der Waals surface area contributed by atoms with Crippen LogP contribution in [0.25, 0.3) is 11.5 Å². The van der Waals surface area contributed by atoms with Crippen molar-refractivity contribution in [3.05, 3.63) is 29.0 Å². The van der Waals surface area contributed by atoms with E-state index in [1.165, 1.54) is 0 Å². The average molecular weight is 372 g/mol. The van der Waals surface area contributed by atoms with E-state index in [1.807, 2.05) is 14.0 Å². The first kappa shape index (κ1) is 18.5. The van der Waals surface area contributed by atoms with E-state index in [0.717, 1.165) is 5.69 Å². The fraction of sp³-hybridized carbons (Fsp3) is 0.400. The van der Waals surface area contributed by atoms with Gasteiger partial charge in [-0.1, -0.05) is 16.8 Å². The lowest BCUT2D eigenvalue weighted by atomic mass is 10.2. The second kappa shape index (κ2) is 7.83. The first-order chi connectivity index (χ1) is 11.1. The molecule has 1 aromatic carbocycles. The largest absolute Gasteiger partial charge is 0.336 e. The van der Waals surface area contributed by atoms with Crippen LogP contribution in [0, 0.1) is 0 Å². The highest BCUT2D eigenvalue weighted by atomic mass is 35.5. The molecule has 1 aliphatic rings. The Morgan fingerprint density at radius 1 is 1.50 bits per heavy atom. The van der Waals surface area contributed by atoms with Gasteiger partial charge >= 0.3 is 6.03 Å². The van der Waals surface area contributed by atoms with Crippen LogP contribution in [0.1, 0.15) is 12.7 Å². The summed E-state index contributed by atoms with van der Waals surface area (Å²) in [6.07, 6.45) is 0.659. The van der Waals surface area contributed by atoms with Crippen molar-refractivity contribution >= 4 is 35.7 Å². The van der Waals surface area contributed by atoms with Crippen LogP contribution in [0.3, 0.4) is 0 Å². The Labute approximate surface area is 151 Å². The van der Waals surface area contributed by atoms with Gasteiger partial charge < -0.3 is 15.2 Å². The minimum Gasteiger partial charge on any atom is -0.336 e. The molecule has 9 heteroatoms. The quantitative estimate of drug-likeness (QED) is 0.843. The number of likely N-dealkylation sites (N-methyl/N-ethyl adjacent to an activating group) is 1. The fourth-order valence-corrected chi connectivity index (χ4v) is 2.58. The molecule has 0 bridgehead atoms. The number of hydrogen-bond donors (Lipinski definition) is 2. The Morgan fingerprint density at radius 3 is 2.96 bits per heavy atom. The number of benzene rings is 1. The molecule has 7 nitrogen and oxygen atoms in total. The first-order valence-electron chi connectivity index (χ1n) is 7.43. The molecule has 1 saturated heterocycles. The van der Waals surface area contributed by atoms with Crippen LogP contribution in [-0.2, 0) is 6.42 Å². The molecule has 1 atom stereocenters. The summed E-state index contributed by atoms with van der Waals surface area (Å²) in [7, 11) is 1.88. The van der Waals surface area contributed by atoms with Crippen molar-refractivity contribution < 1.29 is 9.32 Å². The van der Waals surface area contributed by atoms with E-state index in [0.29, 0.717) is 41.8 Å². The molecule has 2 aromatic rings. The molecule has 0 radical (unpaired) electrons. The molecule has 3 rings (SSSR count). The predicted octanol–water partition coefficient (Wildman–Crippen LogP) is 2.49. The molecule has 0 saturated carbocycles. The van der Waals surface area contributed by atoms with Crippen molar-refractivity contribution in [3.63, 3.8) is 0 Å². The zero-order chi connectivity index (χ0) is 16.4. The second-order valence-electron chi connectivity index (χ2n) is 5.46. The normalized spacial score (nSPS) is 15.1. The van der Waals surface area contributed by atoms with Crippen LogP contribution >= 0.6 is 24.0 Å². The second-order valence-corrected chi connectivity index (χ2v) is 5.86. The maximum Gasteiger partial charge on any atom is 0.321 e. The van der Waals surface area contributed by atoms with Crippen molar-refractivity contribution in [3.8, 4) is 11.5 Å². The number of hydrogen-bond acceptors (Lipinski definition) is 5. The number of aromatic nitrogens is 2. The maximum absolute atomic E-state index is 11.8. The molecule has 1 unspecified atom stereocenters. The average Bonchev–Trinajstić information content (AvgIpc) is 3.17. The molecule has 2 N–H and O–H groups in total. The molecule has 0 aliphatic carbocycles. The van der Waals surface area contributed by atoms with Gasteiger partial charge in [0.2, 0.25) is 0 Å². The van der Waals surface area contributed by atoms with E-state index < -0.39 is 0 Å². The lowest BCUT2D eigenvalue weighted by Gasteiger charge is -2.15. The third-order valence-electron chi connectivity index (χ3n) is 3.80. The third kappa shape index (κ3) is 3.80. The molecule has 1 fully saturated rings. The van der Waals surface area contributed by atoms with Crippen molar-refractivity contribution in [2.75, 3.05) is 25.0 Å². The Kier molecular flexibility index (Phi) is 6.04. The van der Waals surface area contributed by atoms with E-state index in [4.69, 9.17) is 16.1 Å². The Bertz CT molecular complexity index is 722.